The van der Waals surface area contributed by atoms with Gasteiger partial charge in [-0.25, -0.2) is 4.68 Å². The second-order valence-electron chi connectivity index (χ2n) is 8.93. The van der Waals surface area contributed by atoms with Crippen LogP contribution in [0.2, 0.25) is 5.02 Å². The highest BCUT2D eigenvalue weighted by molar-refractivity contribution is 6.33. The number of methoxy groups -OCH3 is 1. The molecule has 3 aromatic carbocycles. The summed E-state index contributed by atoms with van der Waals surface area (Å²) in [5.74, 6) is 1.82. The van der Waals surface area contributed by atoms with E-state index in [1.807, 2.05) is 78.7 Å². The van der Waals surface area contributed by atoms with E-state index in [1.165, 1.54) is 0 Å². The van der Waals surface area contributed by atoms with Crippen LogP contribution in [-0.2, 0) is 13.6 Å². The Labute approximate surface area is 217 Å². The molecule has 0 saturated carbocycles. The standard InChI is InChI=1S/C29H30ClN3O3/c1-20(2)18-33(28(34)22-14-8-9-15-24(22)30)19-23-27(21-12-6-5-7-13-21)31-32(3)29(23)36-26-17-11-10-16-25(26)35-4/h5-17,20H,18-19H2,1-4H3. The van der Waals surface area contributed by atoms with Crippen molar-refractivity contribution in [3.63, 3.8) is 0 Å². The number of aromatic nitrogens is 2. The van der Waals surface area contributed by atoms with E-state index in [0.717, 1.165) is 16.8 Å². The van der Waals surface area contributed by atoms with Crippen LogP contribution in [0.25, 0.3) is 11.3 Å². The molecular formula is C29H30ClN3O3. The summed E-state index contributed by atoms with van der Waals surface area (Å²) in [4.78, 5) is 15.5. The lowest BCUT2D eigenvalue weighted by Crippen LogP contribution is -2.34. The summed E-state index contributed by atoms with van der Waals surface area (Å²) in [5.41, 5.74) is 2.96. The van der Waals surface area contributed by atoms with Crippen molar-refractivity contribution in [1.29, 1.82) is 0 Å². The van der Waals surface area contributed by atoms with Crippen molar-refractivity contribution < 1.29 is 14.3 Å². The van der Waals surface area contributed by atoms with Crippen LogP contribution in [0.3, 0.4) is 0 Å². The Bertz CT molecular complexity index is 1330. The lowest BCUT2D eigenvalue weighted by molar-refractivity contribution is 0.0722. The van der Waals surface area contributed by atoms with Crippen molar-refractivity contribution in [3.8, 4) is 28.6 Å². The maximum absolute atomic E-state index is 13.7. The Morgan fingerprint density at radius 1 is 0.972 bits per heavy atom. The van der Waals surface area contributed by atoms with Crippen molar-refractivity contribution in [2.45, 2.75) is 20.4 Å². The topological polar surface area (TPSA) is 56.6 Å². The number of nitrogens with zero attached hydrogens (tertiary/aromatic N) is 3. The first kappa shape index (κ1) is 25.3. The van der Waals surface area contributed by atoms with E-state index in [9.17, 15) is 4.79 Å². The largest absolute Gasteiger partial charge is 0.493 e. The molecule has 4 rings (SSSR count). The Morgan fingerprint density at radius 3 is 2.28 bits per heavy atom. The van der Waals surface area contributed by atoms with Gasteiger partial charge in [-0.2, -0.15) is 5.10 Å². The van der Waals surface area contributed by atoms with E-state index in [1.54, 1.807) is 23.9 Å². The number of rotatable bonds is 9. The maximum atomic E-state index is 13.7. The van der Waals surface area contributed by atoms with Gasteiger partial charge < -0.3 is 14.4 Å². The number of ether oxygens (including phenoxy) is 2. The number of carbonyl (C=O) groups is 1. The molecule has 0 saturated heterocycles. The third kappa shape index (κ3) is 5.55. The van der Waals surface area contributed by atoms with Crippen molar-refractivity contribution in [2.24, 2.45) is 13.0 Å². The third-order valence-corrected chi connectivity index (χ3v) is 6.07. The van der Waals surface area contributed by atoms with Crippen molar-refractivity contribution in [3.05, 3.63) is 95.0 Å². The molecule has 1 amide bonds. The molecule has 1 heterocycles. The quantitative estimate of drug-likeness (QED) is 0.251. The first-order valence-corrected chi connectivity index (χ1v) is 12.2. The highest BCUT2D eigenvalue weighted by Gasteiger charge is 2.27. The second kappa shape index (κ2) is 11.3. The van der Waals surface area contributed by atoms with E-state index in [2.05, 4.69) is 13.8 Å². The molecule has 0 aliphatic carbocycles. The van der Waals surface area contributed by atoms with Crippen LogP contribution in [0.15, 0.2) is 78.9 Å². The van der Waals surface area contributed by atoms with Crippen LogP contribution in [0.5, 0.6) is 17.4 Å². The Kier molecular flexibility index (Phi) is 7.96. The van der Waals surface area contributed by atoms with E-state index >= 15 is 0 Å². The van der Waals surface area contributed by atoms with Gasteiger partial charge in [0.05, 0.1) is 29.8 Å². The van der Waals surface area contributed by atoms with E-state index in [0.29, 0.717) is 41.1 Å². The molecule has 0 unspecified atom stereocenters. The number of carbonyl (C=O) groups excluding carboxylic acids is 1. The van der Waals surface area contributed by atoms with Gasteiger partial charge in [-0.05, 0) is 30.2 Å². The number of para-hydroxylation sites is 2. The molecule has 0 N–H and O–H groups in total. The molecule has 0 atom stereocenters. The van der Waals surface area contributed by atoms with Crippen LogP contribution in [0.1, 0.15) is 29.8 Å². The second-order valence-corrected chi connectivity index (χ2v) is 9.34. The van der Waals surface area contributed by atoms with Crippen LogP contribution < -0.4 is 9.47 Å². The van der Waals surface area contributed by atoms with Crippen molar-refractivity contribution >= 4 is 17.5 Å². The van der Waals surface area contributed by atoms with Gasteiger partial charge in [-0.15, -0.1) is 0 Å². The highest BCUT2D eigenvalue weighted by atomic mass is 35.5. The lowest BCUT2D eigenvalue weighted by Gasteiger charge is -2.26. The average molecular weight is 504 g/mol. The summed E-state index contributed by atoms with van der Waals surface area (Å²) >= 11 is 6.40. The monoisotopic (exact) mass is 503 g/mol. The zero-order chi connectivity index (χ0) is 25.7. The van der Waals surface area contributed by atoms with Gasteiger partial charge in [0.25, 0.3) is 5.91 Å². The summed E-state index contributed by atoms with van der Waals surface area (Å²) in [6.07, 6.45) is 0. The Hall–Kier alpha value is -3.77. The van der Waals surface area contributed by atoms with Crippen molar-refractivity contribution in [1.82, 2.24) is 14.7 Å². The summed E-state index contributed by atoms with van der Waals surface area (Å²) in [5, 5.41) is 5.23. The molecule has 0 radical (unpaired) electrons. The first-order chi connectivity index (χ1) is 17.4. The number of hydrogen-bond acceptors (Lipinski definition) is 4. The predicted molar refractivity (Wildman–Crippen MR) is 143 cm³/mol. The fourth-order valence-electron chi connectivity index (χ4n) is 4.11. The molecule has 7 heteroatoms. The molecule has 186 valence electrons. The molecule has 1 aromatic heterocycles. The van der Waals surface area contributed by atoms with Crippen LogP contribution >= 0.6 is 11.6 Å². The predicted octanol–water partition coefficient (Wildman–Crippen LogP) is 6.84. The van der Waals surface area contributed by atoms with Gasteiger partial charge in [0, 0.05) is 19.2 Å². The fraction of sp³-hybridized carbons (Fsp3) is 0.241. The Morgan fingerprint density at radius 2 is 1.61 bits per heavy atom. The minimum absolute atomic E-state index is 0.139. The molecule has 4 aromatic rings. The SMILES string of the molecule is COc1ccccc1Oc1c(CN(CC(C)C)C(=O)c2ccccc2Cl)c(-c2ccccc2)nn1C. The highest BCUT2D eigenvalue weighted by Crippen LogP contribution is 2.37. The first-order valence-electron chi connectivity index (χ1n) is 11.8. The van der Waals surface area contributed by atoms with Crippen molar-refractivity contribution in [2.75, 3.05) is 13.7 Å². The summed E-state index contributed by atoms with van der Waals surface area (Å²) in [6, 6.07) is 24.5. The smallest absolute Gasteiger partial charge is 0.255 e. The molecule has 0 fully saturated rings. The fourth-order valence-corrected chi connectivity index (χ4v) is 4.33. The van der Waals surface area contributed by atoms with Gasteiger partial charge >= 0.3 is 0 Å². The number of benzene rings is 3. The third-order valence-electron chi connectivity index (χ3n) is 5.74. The van der Waals surface area contributed by atoms with Gasteiger partial charge in [0.15, 0.2) is 11.5 Å². The minimum Gasteiger partial charge on any atom is -0.493 e. The Balaban J connectivity index is 1.81. The number of hydrogen-bond donors (Lipinski definition) is 0. The molecule has 0 aliphatic heterocycles. The lowest BCUT2D eigenvalue weighted by atomic mass is 10.1. The van der Waals surface area contributed by atoms with Gasteiger partial charge in [-0.1, -0.05) is 80.0 Å². The van der Waals surface area contributed by atoms with Crippen LogP contribution in [-0.4, -0.2) is 34.2 Å². The number of aryl methyl sites for hydroxylation is 1. The molecule has 0 spiro atoms. The maximum Gasteiger partial charge on any atom is 0.255 e. The molecule has 36 heavy (non-hydrogen) atoms. The van der Waals surface area contributed by atoms with Crippen LogP contribution in [0, 0.1) is 5.92 Å². The van der Waals surface area contributed by atoms with E-state index in [-0.39, 0.29) is 11.8 Å². The molecule has 0 bridgehead atoms. The van der Waals surface area contributed by atoms with Gasteiger partial charge in [-0.3, -0.25) is 4.79 Å². The molecule has 6 nitrogen and oxygen atoms in total. The zero-order valence-corrected chi connectivity index (χ0v) is 21.7. The van der Waals surface area contributed by atoms with E-state index in [4.69, 9.17) is 26.2 Å². The summed E-state index contributed by atoms with van der Waals surface area (Å²) < 4.78 is 13.6. The van der Waals surface area contributed by atoms with Gasteiger partial charge in [0.1, 0.15) is 5.69 Å². The van der Waals surface area contributed by atoms with Crippen LogP contribution in [0.4, 0.5) is 0 Å². The van der Waals surface area contributed by atoms with E-state index < -0.39 is 0 Å². The minimum atomic E-state index is -0.139. The van der Waals surface area contributed by atoms with Gasteiger partial charge in [0.2, 0.25) is 5.88 Å². The summed E-state index contributed by atoms with van der Waals surface area (Å²) in [7, 11) is 3.44. The number of halogens is 1. The normalized spacial score (nSPS) is 10.9. The molecular weight excluding hydrogens is 474 g/mol. The number of amides is 1. The zero-order valence-electron chi connectivity index (χ0n) is 20.9. The molecule has 0 aliphatic rings. The average Bonchev–Trinajstić information content (AvgIpc) is 3.18. The summed E-state index contributed by atoms with van der Waals surface area (Å²) in [6.45, 7) is 5.01.